The zero-order valence-corrected chi connectivity index (χ0v) is 28.9. The molecule has 0 N–H and O–H groups in total. The maximum Gasteiger partial charge on any atom is 0.403 e. The molecule has 0 fully saturated rings. The summed E-state index contributed by atoms with van der Waals surface area (Å²) in [6.45, 7) is 0. The van der Waals surface area contributed by atoms with Crippen molar-refractivity contribution in [3.8, 4) is 23.0 Å². The third kappa shape index (κ3) is 18.1. The lowest BCUT2D eigenvalue weighted by Crippen LogP contribution is -3.00. The number of hydrogen-bond acceptors (Lipinski definition) is 11. The van der Waals surface area contributed by atoms with E-state index in [2.05, 4.69) is 19.9 Å². The van der Waals surface area contributed by atoms with Crippen LogP contribution in [-0.4, -0.2) is 35.8 Å². The Morgan fingerprint density at radius 2 is 0.612 bits per heavy atom. The van der Waals surface area contributed by atoms with Crippen LogP contribution in [0.4, 0.5) is 22.7 Å². The van der Waals surface area contributed by atoms with Crippen molar-refractivity contribution in [1.82, 2.24) is 0 Å². The lowest BCUT2D eigenvalue weighted by molar-refractivity contribution is -0.479. The molecule has 4 rings (SSSR count). The molecule has 0 aliphatic heterocycles. The molecule has 0 spiro atoms. The maximum absolute atomic E-state index is 8.42. The van der Waals surface area contributed by atoms with Gasteiger partial charge in [-0.2, -0.15) is 0 Å². The molecule has 0 atom stereocenters. The van der Waals surface area contributed by atoms with Crippen molar-refractivity contribution in [2.75, 3.05) is 28.4 Å². The maximum atomic E-state index is 8.42. The monoisotopic (exact) mass is 754 g/mol. The Hall–Kier alpha value is -5.21. The summed E-state index contributed by atoms with van der Waals surface area (Å²) in [5, 5.41) is 60.2. The number of methoxy groups -OCH3 is 4. The van der Waals surface area contributed by atoms with E-state index in [9.17, 15) is 0 Å². The summed E-state index contributed by atoms with van der Waals surface area (Å²) in [4.78, 5) is 11.8. The van der Waals surface area contributed by atoms with Crippen molar-refractivity contribution < 1.29 is 38.7 Å². The van der Waals surface area contributed by atoms with E-state index >= 15 is 0 Å². The first-order valence-electron chi connectivity index (χ1n) is 12.6. The van der Waals surface area contributed by atoms with E-state index in [1.807, 2.05) is 0 Å². The Balaban J connectivity index is 0. The second-order valence-corrected chi connectivity index (χ2v) is 9.59. The van der Waals surface area contributed by atoms with Gasteiger partial charge in [0.15, 0.2) is 19.9 Å². The van der Waals surface area contributed by atoms with Crippen LogP contribution in [0, 0.1) is 21.6 Å². The Morgan fingerprint density at radius 3 is 0.714 bits per heavy atom. The molecule has 0 unspecified atom stereocenters. The molecule has 0 aromatic heterocycles. The predicted octanol–water partition coefficient (Wildman–Crippen LogP) is 4.39. The van der Waals surface area contributed by atoms with Gasteiger partial charge in [-0.25, -0.2) is 0 Å². The number of halogens is 5. The van der Waals surface area contributed by atoms with E-state index < -0.39 is 7.32 Å². The minimum atomic E-state index is -2.92. The fourth-order valence-corrected chi connectivity index (χ4v) is 3.62. The molecule has 0 amide bonds. The van der Waals surface area contributed by atoms with Crippen molar-refractivity contribution in [3.63, 3.8) is 0 Å². The van der Waals surface area contributed by atoms with Crippen LogP contribution in [0.1, 0.15) is 0 Å². The van der Waals surface area contributed by atoms with Gasteiger partial charge in [-0.05, 0) is 24.3 Å². The number of nitrogens with zero attached hydrogens (tertiary/aromatic N) is 8. The van der Waals surface area contributed by atoms with Gasteiger partial charge in [0.2, 0.25) is 21.6 Å². The third-order valence-corrected chi connectivity index (χ3v) is 6.26. The topological polar surface area (TPSA) is 219 Å². The van der Waals surface area contributed by atoms with Gasteiger partial charge in [0.1, 0.15) is 43.1 Å². The van der Waals surface area contributed by atoms with Crippen LogP contribution in [0.5, 0.6) is 23.0 Å². The molecule has 0 aliphatic carbocycles. The molecule has 0 bridgehead atoms. The average molecular weight is 756 g/mol. The number of hydrogen-bond donors (Lipinski definition) is 0. The normalized spacial score (nSPS) is 8.47. The smallest absolute Gasteiger partial charge is 0.403 e. The first-order chi connectivity index (χ1) is 22.8. The largest absolute Gasteiger partial charge is 1.00 e. The number of rotatable bonds is 4. The molecule has 0 aliphatic rings. The quantitative estimate of drug-likeness (QED) is 0.210. The Kier molecular flexibility index (Phi) is 24.2. The van der Waals surface area contributed by atoms with Crippen LogP contribution < -0.4 is 38.7 Å². The highest BCUT2D eigenvalue weighted by atomic mass is 35.5. The van der Waals surface area contributed by atoms with Gasteiger partial charge < -0.3 is 38.7 Å². The molecule has 21 heteroatoms. The number of diazo groups is 4. The van der Waals surface area contributed by atoms with Crippen molar-refractivity contribution >= 4 is 76.5 Å². The van der Waals surface area contributed by atoms with Gasteiger partial charge in [0, 0.05) is 48.5 Å². The Labute approximate surface area is 300 Å². The van der Waals surface area contributed by atoms with Crippen LogP contribution in [0.2, 0.25) is 20.1 Å². The zero-order valence-electron chi connectivity index (χ0n) is 25.8. The SMILES string of the molecule is COc1ccc([N+]#N)c(Cl)c1.COc1ccc([N+]#N)c(Cl)c1.COc1ccc([N+]#N)c(Cl)c1.COc1ccc([N+]#N)c(Cl)c1.[F-].[O-]B([O-])[O-]. The first-order valence-corrected chi connectivity index (χ1v) is 14.1. The van der Waals surface area contributed by atoms with Gasteiger partial charge in [0.25, 0.3) is 0 Å². The van der Waals surface area contributed by atoms with Crippen molar-refractivity contribution in [2.24, 2.45) is 0 Å². The Bertz CT molecular complexity index is 1550. The average Bonchev–Trinajstić information content (AvgIpc) is 3.08. The Morgan fingerprint density at radius 1 is 0.449 bits per heavy atom. The fraction of sp³-hybridized carbons (Fsp3) is 0.143. The minimum Gasteiger partial charge on any atom is -1.00 e. The highest BCUT2D eigenvalue weighted by Gasteiger charge is 2.13. The van der Waals surface area contributed by atoms with Crippen molar-refractivity contribution in [3.05, 3.63) is 113 Å². The lowest BCUT2D eigenvalue weighted by Gasteiger charge is -2.35. The van der Waals surface area contributed by atoms with Gasteiger partial charge in [-0.15, -0.1) is 0 Å². The summed E-state index contributed by atoms with van der Waals surface area (Å²) in [5.41, 5.74) is 1.36. The first kappa shape index (κ1) is 45.9. The third-order valence-electron chi connectivity index (χ3n) is 5.05. The van der Waals surface area contributed by atoms with E-state index in [1.54, 1.807) is 101 Å². The minimum absolute atomic E-state index is 0. The van der Waals surface area contributed by atoms with Crippen LogP contribution >= 0.6 is 46.4 Å². The van der Waals surface area contributed by atoms with Crippen LogP contribution in [-0.2, 0) is 0 Å². The van der Waals surface area contributed by atoms with E-state index in [1.165, 1.54) is 0 Å². The standard InChI is InChI=1S/4C7H6ClN2O.BO3.FH/c4*1-11-5-2-3-7(10-9)6(8)4-5;2-1(3)4;/h4*2-4H,1H3;;1H/q4*+1;-3;/p-1. The molecular weight excluding hydrogens is 732 g/mol. The molecule has 0 radical (unpaired) electrons. The van der Waals surface area contributed by atoms with Crippen LogP contribution in [0.25, 0.3) is 19.9 Å². The summed E-state index contributed by atoms with van der Waals surface area (Å²) in [6.07, 6.45) is 0. The van der Waals surface area contributed by atoms with Gasteiger partial charge in [0.05, 0.1) is 28.4 Å². The number of ether oxygens (including phenoxy) is 4. The second kappa shape index (κ2) is 25.8. The molecule has 0 heterocycles. The van der Waals surface area contributed by atoms with Gasteiger partial charge in [-0.1, -0.05) is 46.4 Å². The summed E-state index contributed by atoms with van der Waals surface area (Å²) in [7, 11) is 3.26. The van der Waals surface area contributed by atoms with E-state index in [0.29, 0.717) is 65.8 Å². The molecular formula is C28H24BCl4FN8O7. The fourth-order valence-electron chi connectivity index (χ4n) is 2.78. The van der Waals surface area contributed by atoms with Gasteiger partial charge >= 0.3 is 22.7 Å². The van der Waals surface area contributed by atoms with E-state index in [-0.39, 0.29) is 4.70 Å². The summed E-state index contributed by atoms with van der Waals surface area (Å²) in [5.74, 6) is 2.56. The molecule has 256 valence electrons. The summed E-state index contributed by atoms with van der Waals surface area (Å²) < 4.78 is 19.5. The molecule has 49 heavy (non-hydrogen) atoms. The van der Waals surface area contributed by atoms with Gasteiger partial charge in [-0.3, -0.25) is 7.32 Å². The summed E-state index contributed by atoms with van der Waals surface area (Å²) in [6, 6.07) is 19.3. The van der Waals surface area contributed by atoms with Crippen LogP contribution in [0.3, 0.4) is 0 Å². The number of benzene rings is 4. The predicted molar refractivity (Wildman–Crippen MR) is 177 cm³/mol. The van der Waals surface area contributed by atoms with E-state index in [0.717, 1.165) is 0 Å². The molecule has 15 nitrogen and oxygen atoms in total. The second-order valence-electron chi connectivity index (χ2n) is 7.96. The van der Waals surface area contributed by atoms with Crippen LogP contribution in [0.15, 0.2) is 72.8 Å². The highest BCUT2D eigenvalue weighted by Crippen LogP contribution is 2.31. The summed E-state index contributed by atoms with van der Waals surface area (Å²) >= 11 is 22.7. The van der Waals surface area contributed by atoms with Crippen molar-refractivity contribution in [1.29, 1.82) is 21.6 Å². The molecule has 0 saturated heterocycles. The molecule has 4 aromatic rings. The van der Waals surface area contributed by atoms with Crippen molar-refractivity contribution in [2.45, 2.75) is 0 Å². The molecule has 0 saturated carbocycles. The van der Waals surface area contributed by atoms with E-state index in [4.69, 9.17) is 102 Å². The zero-order chi connectivity index (χ0) is 36.6. The highest BCUT2D eigenvalue weighted by molar-refractivity contribution is 6.34. The molecule has 4 aromatic carbocycles. The lowest BCUT2D eigenvalue weighted by atomic mass is 10.3.